The maximum atomic E-state index is 13.0. The fraction of sp³-hybridized carbons (Fsp3) is 0.538. The van der Waals surface area contributed by atoms with Gasteiger partial charge in [-0.2, -0.15) is 0 Å². The molecule has 5 heteroatoms. The molecule has 0 saturated heterocycles. The van der Waals surface area contributed by atoms with Crippen molar-refractivity contribution in [1.29, 1.82) is 0 Å². The predicted molar refractivity (Wildman–Crippen MR) is 76.5 cm³/mol. The van der Waals surface area contributed by atoms with Crippen LogP contribution in [0.15, 0.2) is 18.2 Å². The molecule has 0 heterocycles. The topological polar surface area (TPSA) is 21.3 Å². The van der Waals surface area contributed by atoms with E-state index >= 15 is 0 Å². The third-order valence-corrected chi connectivity index (χ3v) is 2.81. The first-order valence-electron chi connectivity index (χ1n) is 5.93. The Kier molecular flexibility index (Phi) is 9.16. The average molecular weight is 296 g/mol. The minimum atomic E-state index is -0.415. The van der Waals surface area contributed by atoms with Crippen LogP contribution in [0.5, 0.6) is 5.75 Å². The van der Waals surface area contributed by atoms with Crippen LogP contribution in [0.3, 0.4) is 0 Å². The van der Waals surface area contributed by atoms with E-state index in [4.69, 9.17) is 16.3 Å². The van der Waals surface area contributed by atoms with E-state index in [0.29, 0.717) is 5.75 Å². The Morgan fingerprint density at radius 1 is 1.39 bits per heavy atom. The van der Waals surface area contributed by atoms with Crippen molar-refractivity contribution >= 4 is 24.0 Å². The van der Waals surface area contributed by atoms with E-state index in [1.54, 1.807) is 6.07 Å². The largest absolute Gasteiger partial charge is 0.490 e. The SMILES string of the molecule is CCCC(CCNC)Oc1ccc(F)c(Cl)c1.Cl. The number of benzene rings is 1. The van der Waals surface area contributed by atoms with E-state index < -0.39 is 5.82 Å². The summed E-state index contributed by atoms with van der Waals surface area (Å²) in [6.45, 7) is 3.02. The molecule has 0 radical (unpaired) electrons. The second-order valence-electron chi connectivity index (χ2n) is 4.00. The molecule has 1 aromatic rings. The molecule has 0 fully saturated rings. The van der Waals surface area contributed by atoms with Crippen molar-refractivity contribution in [1.82, 2.24) is 5.32 Å². The van der Waals surface area contributed by atoms with Gasteiger partial charge >= 0.3 is 0 Å². The van der Waals surface area contributed by atoms with Crippen LogP contribution in [0, 0.1) is 5.82 Å². The number of halogens is 3. The Bertz CT molecular complexity index is 350. The van der Waals surface area contributed by atoms with E-state index in [0.717, 1.165) is 25.8 Å². The van der Waals surface area contributed by atoms with Gasteiger partial charge < -0.3 is 10.1 Å². The molecule has 0 spiro atoms. The van der Waals surface area contributed by atoms with Crippen molar-refractivity contribution in [3.05, 3.63) is 29.0 Å². The molecule has 18 heavy (non-hydrogen) atoms. The van der Waals surface area contributed by atoms with E-state index in [2.05, 4.69) is 12.2 Å². The molecule has 0 aliphatic carbocycles. The molecule has 0 aromatic heterocycles. The van der Waals surface area contributed by atoms with Gasteiger partial charge in [0.15, 0.2) is 0 Å². The van der Waals surface area contributed by atoms with E-state index in [9.17, 15) is 4.39 Å². The van der Waals surface area contributed by atoms with Crippen molar-refractivity contribution in [2.24, 2.45) is 0 Å². The molecule has 2 nitrogen and oxygen atoms in total. The fourth-order valence-corrected chi connectivity index (χ4v) is 1.80. The molecule has 0 bridgehead atoms. The molecule has 1 unspecified atom stereocenters. The molecule has 0 amide bonds. The number of rotatable bonds is 7. The summed E-state index contributed by atoms with van der Waals surface area (Å²) in [5, 5.41) is 3.20. The number of hydrogen-bond donors (Lipinski definition) is 1. The summed E-state index contributed by atoms with van der Waals surface area (Å²) < 4.78 is 18.8. The highest BCUT2D eigenvalue weighted by Crippen LogP contribution is 2.23. The highest BCUT2D eigenvalue weighted by Gasteiger charge is 2.10. The van der Waals surface area contributed by atoms with Crippen LogP contribution in [-0.4, -0.2) is 19.7 Å². The monoisotopic (exact) mass is 295 g/mol. The van der Waals surface area contributed by atoms with Gasteiger partial charge in [0.2, 0.25) is 0 Å². The summed E-state index contributed by atoms with van der Waals surface area (Å²) in [5.41, 5.74) is 0. The molecule has 0 saturated carbocycles. The molecule has 1 aromatic carbocycles. The van der Waals surface area contributed by atoms with Crippen LogP contribution in [0.4, 0.5) is 4.39 Å². The minimum absolute atomic E-state index is 0. The smallest absolute Gasteiger partial charge is 0.142 e. The summed E-state index contributed by atoms with van der Waals surface area (Å²) in [6.07, 6.45) is 3.12. The Balaban J connectivity index is 0.00000289. The molecular weight excluding hydrogens is 276 g/mol. The maximum absolute atomic E-state index is 13.0. The second-order valence-corrected chi connectivity index (χ2v) is 4.40. The van der Waals surface area contributed by atoms with Crippen LogP contribution in [-0.2, 0) is 0 Å². The standard InChI is InChI=1S/C13H19ClFNO.ClH/c1-3-4-10(7-8-16-2)17-11-5-6-13(15)12(14)9-11;/h5-6,9-10,16H,3-4,7-8H2,1-2H3;1H. The summed E-state index contributed by atoms with van der Waals surface area (Å²) in [4.78, 5) is 0. The maximum Gasteiger partial charge on any atom is 0.142 e. The molecule has 0 aliphatic heterocycles. The van der Waals surface area contributed by atoms with Gasteiger partial charge in [-0.1, -0.05) is 24.9 Å². The van der Waals surface area contributed by atoms with Gasteiger partial charge in [-0.3, -0.25) is 0 Å². The third-order valence-electron chi connectivity index (χ3n) is 2.52. The first-order chi connectivity index (χ1) is 8.17. The molecular formula is C13H20Cl2FNO. The third kappa shape index (κ3) is 5.89. The lowest BCUT2D eigenvalue weighted by Gasteiger charge is -2.18. The Morgan fingerprint density at radius 3 is 2.67 bits per heavy atom. The van der Waals surface area contributed by atoms with Crippen molar-refractivity contribution in [2.45, 2.75) is 32.3 Å². The summed E-state index contributed by atoms with van der Waals surface area (Å²) >= 11 is 5.71. The number of hydrogen-bond acceptors (Lipinski definition) is 2. The highest BCUT2D eigenvalue weighted by molar-refractivity contribution is 6.30. The predicted octanol–water partition coefficient (Wildman–Crippen LogP) is 4.06. The highest BCUT2D eigenvalue weighted by atomic mass is 35.5. The van der Waals surface area contributed by atoms with Crippen molar-refractivity contribution < 1.29 is 9.13 Å². The van der Waals surface area contributed by atoms with E-state index in [1.165, 1.54) is 12.1 Å². The summed E-state index contributed by atoms with van der Waals surface area (Å²) in [6, 6.07) is 4.47. The lowest BCUT2D eigenvalue weighted by molar-refractivity contribution is 0.180. The normalized spacial score (nSPS) is 11.8. The van der Waals surface area contributed by atoms with Gasteiger partial charge in [0, 0.05) is 6.07 Å². The molecule has 0 aliphatic rings. The van der Waals surface area contributed by atoms with E-state index in [1.807, 2.05) is 7.05 Å². The lowest BCUT2D eigenvalue weighted by atomic mass is 10.1. The molecule has 1 atom stereocenters. The summed E-state index contributed by atoms with van der Waals surface area (Å²) in [5.74, 6) is 0.215. The van der Waals surface area contributed by atoms with Crippen molar-refractivity contribution in [3.63, 3.8) is 0 Å². The van der Waals surface area contributed by atoms with Gasteiger partial charge in [-0.25, -0.2) is 4.39 Å². The van der Waals surface area contributed by atoms with Crippen LogP contribution < -0.4 is 10.1 Å². The Hall–Kier alpha value is -0.510. The van der Waals surface area contributed by atoms with Gasteiger partial charge in [0.1, 0.15) is 11.6 Å². The van der Waals surface area contributed by atoms with Crippen molar-refractivity contribution in [3.8, 4) is 5.75 Å². The second kappa shape index (κ2) is 9.42. The van der Waals surface area contributed by atoms with Crippen LogP contribution in [0.2, 0.25) is 5.02 Å². The molecule has 1 rings (SSSR count). The minimum Gasteiger partial charge on any atom is -0.490 e. The number of ether oxygens (including phenoxy) is 1. The number of nitrogens with one attached hydrogen (secondary N) is 1. The lowest BCUT2D eigenvalue weighted by Crippen LogP contribution is -2.22. The van der Waals surface area contributed by atoms with E-state index in [-0.39, 0.29) is 23.5 Å². The Labute approximate surface area is 119 Å². The van der Waals surface area contributed by atoms with Gasteiger partial charge in [-0.05, 0) is 38.6 Å². The van der Waals surface area contributed by atoms with Crippen molar-refractivity contribution in [2.75, 3.05) is 13.6 Å². The molecule has 1 N–H and O–H groups in total. The van der Waals surface area contributed by atoms with Gasteiger partial charge in [0.05, 0.1) is 11.1 Å². The first kappa shape index (κ1) is 17.5. The average Bonchev–Trinajstić information content (AvgIpc) is 2.31. The van der Waals surface area contributed by atoms with Gasteiger partial charge in [-0.15, -0.1) is 12.4 Å². The zero-order valence-electron chi connectivity index (χ0n) is 10.7. The molecule has 104 valence electrons. The zero-order chi connectivity index (χ0) is 12.7. The van der Waals surface area contributed by atoms with Crippen LogP contribution in [0.25, 0.3) is 0 Å². The first-order valence-corrected chi connectivity index (χ1v) is 6.31. The fourth-order valence-electron chi connectivity index (χ4n) is 1.63. The summed E-state index contributed by atoms with van der Waals surface area (Å²) in [7, 11) is 1.91. The zero-order valence-corrected chi connectivity index (χ0v) is 12.3. The van der Waals surface area contributed by atoms with Crippen LogP contribution in [0.1, 0.15) is 26.2 Å². The quantitative estimate of drug-likeness (QED) is 0.819. The van der Waals surface area contributed by atoms with Crippen LogP contribution >= 0.6 is 24.0 Å². The van der Waals surface area contributed by atoms with Gasteiger partial charge in [0.25, 0.3) is 0 Å². The Morgan fingerprint density at radius 2 is 2.11 bits per heavy atom.